The molecular weight excluding hydrogens is 312 g/mol. The summed E-state index contributed by atoms with van der Waals surface area (Å²) in [6, 6.07) is 4.00. The molecule has 5 rings (SSSR count). The monoisotopic (exact) mass is 324 g/mol. The zero-order valence-electron chi connectivity index (χ0n) is 13.1. The molecule has 0 saturated heterocycles. The quantitative estimate of drug-likeness (QED) is 0.767. The van der Waals surface area contributed by atoms with E-state index in [2.05, 4.69) is 20.0 Å². The first-order valence-corrected chi connectivity index (χ1v) is 7.91. The van der Waals surface area contributed by atoms with E-state index in [1.165, 1.54) is 6.08 Å². The van der Waals surface area contributed by atoms with Crippen LogP contribution in [0, 0.1) is 0 Å². The van der Waals surface area contributed by atoms with Gasteiger partial charge < -0.3 is 4.98 Å². The van der Waals surface area contributed by atoms with Crippen molar-refractivity contribution >= 4 is 35.1 Å². The summed E-state index contributed by atoms with van der Waals surface area (Å²) in [6.07, 6.45) is 16.6. The Balaban J connectivity index is 1.71. The van der Waals surface area contributed by atoms with Crippen LogP contribution >= 0.6 is 0 Å². The summed E-state index contributed by atoms with van der Waals surface area (Å²) >= 11 is 0. The smallest absolute Gasteiger partial charge is 0.206 e. The van der Waals surface area contributed by atoms with E-state index < -0.39 is 0 Å². The van der Waals surface area contributed by atoms with Gasteiger partial charge in [-0.3, -0.25) is 4.79 Å². The topological polar surface area (TPSA) is 69.9 Å². The average Bonchev–Trinajstić information content (AvgIpc) is 3.33. The first-order chi connectivity index (χ1) is 12.2. The van der Waals surface area contributed by atoms with Crippen molar-refractivity contribution in [1.29, 1.82) is 0 Å². The molecule has 0 unspecified atom stereocenters. The molecule has 4 aliphatic rings. The van der Waals surface area contributed by atoms with Crippen LogP contribution in [0.2, 0.25) is 0 Å². The van der Waals surface area contributed by atoms with Crippen molar-refractivity contribution in [2.24, 2.45) is 15.0 Å². The van der Waals surface area contributed by atoms with Crippen molar-refractivity contribution in [3.63, 3.8) is 0 Å². The van der Waals surface area contributed by atoms with Crippen LogP contribution < -0.4 is 10.7 Å². The number of H-pyrrole nitrogens is 1. The molecule has 0 fully saturated rings. The summed E-state index contributed by atoms with van der Waals surface area (Å²) < 4.78 is 0. The maximum absolute atomic E-state index is 12.1. The van der Waals surface area contributed by atoms with Gasteiger partial charge in [-0.05, 0) is 60.7 Å². The first-order valence-electron chi connectivity index (χ1n) is 7.91. The summed E-state index contributed by atoms with van der Waals surface area (Å²) in [5.41, 5.74) is 4.16. The largest absolute Gasteiger partial charge is 0.355 e. The molecule has 1 N–H and O–H groups in total. The number of nitrogens with one attached hydrogen (secondary N) is 1. The van der Waals surface area contributed by atoms with Gasteiger partial charge in [0, 0.05) is 16.8 Å². The van der Waals surface area contributed by atoms with Crippen LogP contribution in [0.1, 0.15) is 0 Å². The lowest BCUT2D eigenvalue weighted by molar-refractivity contribution is -0.108. The number of fused-ring (bicyclic) bond motifs is 5. The van der Waals surface area contributed by atoms with Gasteiger partial charge in [-0.25, -0.2) is 15.0 Å². The molecule has 1 aromatic rings. The molecule has 25 heavy (non-hydrogen) atoms. The maximum Gasteiger partial charge on any atom is 0.206 e. The van der Waals surface area contributed by atoms with Crippen LogP contribution in [0.4, 0.5) is 0 Å². The van der Waals surface area contributed by atoms with Gasteiger partial charge in [0.15, 0.2) is 0 Å². The molecule has 118 valence electrons. The van der Waals surface area contributed by atoms with Crippen LogP contribution in [0.5, 0.6) is 0 Å². The number of aliphatic imine (C=N–C) groups is 3. The van der Waals surface area contributed by atoms with Gasteiger partial charge in [-0.1, -0.05) is 0 Å². The standard InChI is InChI=1S/C20H12N4O/c25-20-11-18-9-16-4-3-14(22-16)7-12-1-2-13(21-12)8-15-5-6-17(23-15)10-19(20)24-18/h1-11,21H. The van der Waals surface area contributed by atoms with E-state index in [9.17, 15) is 4.79 Å². The zero-order chi connectivity index (χ0) is 16.8. The molecule has 4 aliphatic heterocycles. The van der Waals surface area contributed by atoms with Crippen molar-refractivity contribution < 1.29 is 4.79 Å². The fourth-order valence-corrected chi connectivity index (χ4v) is 2.93. The Bertz CT molecular complexity index is 1150. The molecule has 1 aromatic heterocycles. The van der Waals surface area contributed by atoms with Gasteiger partial charge in [-0.2, -0.15) is 0 Å². The molecule has 0 amide bonds. The van der Waals surface area contributed by atoms with Crippen LogP contribution in [-0.4, -0.2) is 27.9 Å². The SMILES string of the molecule is O=C1C=C2C=C3C=CC(=N3)C=c3ccc([nH]3)=CC3=NC(=CC1=N2)C=C3. The summed E-state index contributed by atoms with van der Waals surface area (Å²) in [4.78, 5) is 28.9. The normalized spacial score (nSPS) is 20.2. The minimum atomic E-state index is -0.115. The number of aromatic nitrogens is 1. The van der Waals surface area contributed by atoms with Gasteiger partial charge in [0.1, 0.15) is 5.71 Å². The molecule has 5 heteroatoms. The fraction of sp³-hybridized carbons (Fsp3) is 0. The Kier molecular flexibility index (Phi) is 2.87. The van der Waals surface area contributed by atoms with Gasteiger partial charge in [0.05, 0.1) is 28.5 Å². The number of allylic oxidation sites excluding steroid dienone is 7. The third-order valence-electron chi connectivity index (χ3n) is 4.07. The number of carbonyl (C=O) groups is 1. The van der Waals surface area contributed by atoms with E-state index in [0.29, 0.717) is 17.1 Å². The van der Waals surface area contributed by atoms with E-state index in [-0.39, 0.29) is 5.78 Å². The third-order valence-corrected chi connectivity index (χ3v) is 4.07. The van der Waals surface area contributed by atoms with Crippen molar-refractivity contribution in [2.45, 2.75) is 0 Å². The second-order valence-corrected chi connectivity index (χ2v) is 5.97. The Labute approximate surface area is 142 Å². The molecule has 8 bridgehead atoms. The molecule has 0 spiro atoms. The maximum atomic E-state index is 12.1. The van der Waals surface area contributed by atoms with E-state index in [0.717, 1.165) is 27.8 Å². The summed E-state index contributed by atoms with van der Waals surface area (Å²) in [7, 11) is 0. The molecule has 0 atom stereocenters. The van der Waals surface area contributed by atoms with Crippen LogP contribution in [0.3, 0.4) is 0 Å². The lowest BCUT2D eigenvalue weighted by atomic mass is 10.2. The number of rotatable bonds is 0. The summed E-state index contributed by atoms with van der Waals surface area (Å²) in [6.45, 7) is 0. The highest BCUT2D eigenvalue weighted by molar-refractivity contribution is 6.50. The zero-order valence-corrected chi connectivity index (χ0v) is 13.1. The molecule has 0 radical (unpaired) electrons. The summed E-state index contributed by atoms with van der Waals surface area (Å²) in [5.74, 6) is -0.115. The summed E-state index contributed by atoms with van der Waals surface area (Å²) in [5, 5.41) is 1.93. The lowest BCUT2D eigenvalue weighted by Crippen LogP contribution is -2.12. The number of hydrogen-bond donors (Lipinski definition) is 1. The van der Waals surface area contributed by atoms with Gasteiger partial charge in [-0.15, -0.1) is 0 Å². The number of aromatic amines is 1. The predicted molar refractivity (Wildman–Crippen MR) is 98.8 cm³/mol. The van der Waals surface area contributed by atoms with E-state index in [4.69, 9.17) is 0 Å². The van der Waals surface area contributed by atoms with E-state index >= 15 is 0 Å². The average molecular weight is 324 g/mol. The fourth-order valence-electron chi connectivity index (χ4n) is 2.93. The van der Waals surface area contributed by atoms with Crippen LogP contribution in [-0.2, 0) is 4.79 Å². The van der Waals surface area contributed by atoms with Crippen molar-refractivity contribution in [2.75, 3.05) is 0 Å². The minimum Gasteiger partial charge on any atom is -0.355 e. The van der Waals surface area contributed by atoms with Crippen LogP contribution in [0.25, 0.3) is 12.2 Å². The highest BCUT2D eigenvalue weighted by Gasteiger charge is 2.17. The molecule has 5 nitrogen and oxygen atoms in total. The lowest BCUT2D eigenvalue weighted by Gasteiger charge is -1.92. The highest BCUT2D eigenvalue weighted by Crippen LogP contribution is 2.18. The molecule has 0 aromatic carbocycles. The molecule has 0 saturated carbocycles. The predicted octanol–water partition coefficient (Wildman–Crippen LogP) is 1.29. The van der Waals surface area contributed by atoms with Gasteiger partial charge >= 0.3 is 0 Å². The molecule has 5 heterocycles. The van der Waals surface area contributed by atoms with Crippen molar-refractivity contribution in [3.8, 4) is 0 Å². The van der Waals surface area contributed by atoms with Crippen molar-refractivity contribution in [1.82, 2.24) is 4.98 Å². The second-order valence-electron chi connectivity index (χ2n) is 5.97. The van der Waals surface area contributed by atoms with E-state index in [1.54, 1.807) is 12.2 Å². The van der Waals surface area contributed by atoms with Crippen LogP contribution in [0.15, 0.2) is 86.7 Å². The Morgan fingerprint density at radius 2 is 1.28 bits per heavy atom. The third kappa shape index (κ3) is 2.61. The number of nitrogens with zero attached hydrogens (tertiary/aromatic N) is 3. The Morgan fingerprint density at radius 1 is 0.640 bits per heavy atom. The first kappa shape index (κ1) is 13.8. The number of ketones is 1. The molecule has 0 aliphatic carbocycles. The van der Waals surface area contributed by atoms with Crippen molar-refractivity contribution in [3.05, 3.63) is 82.5 Å². The van der Waals surface area contributed by atoms with E-state index in [1.807, 2.05) is 48.6 Å². The number of hydrogen-bond acceptors (Lipinski definition) is 4. The van der Waals surface area contributed by atoms with Gasteiger partial charge in [0.25, 0.3) is 0 Å². The minimum absolute atomic E-state index is 0.115. The Morgan fingerprint density at radius 3 is 1.96 bits per heavy atom. The highest BCUT2D eigenvalue weighted by atomic mass is 16.1. The van der Waals surface area contributed by atoms with Gasteiger partial charge in [0.2, 0.25) is 5.78 Å². The number of carbonyl (C=O) groups excluding carboxylic acids is 1. The molecular formula is C20H12N4O. The Hall–Kier alpha value is -3.60. The second kappa shape index (κ2) is 5.21.